The second-order valence-corrected chi connectivity index (χ2v) is 10.5. The van der Waals surface area contributed by atoms with Gasteiger partial charge in [0.2, 0.25) is 0 Å². The first kappa shape index (κ1) is 25.0. The number of likely N-dealkylation sites (tertiary alicyclic amines) is 1. The van der Waals surface area contributed by atoms with Gasteiger partial charge in [-0.25, -0.2) is 0 Å². The van der Waals surface area contributed by atoms with Crippen molar-refractivity contribution in [1.82, 2.24) is 15.2 Å². The Morgan fingerprint density at radius 3 is 2.57 bits per heavy atom. The summed E-state index contributed by atoms with van der Waals surface area (Å²) in [6.45, 7) is 6.41. The summed E-state index contributed by atoms with van der Waals surface area (Å²) < 4.78 is 11.7. The Morgan fingerprint density at radius 1 is 1.30 bits per heavy atom. The van der Waals surface area contributed by atoms with Gasteiger partial charge >= 0.3 is 0 Å². The molecular weight excluding hydrogens is 468 g/mol. The van der Waals surface area contributed by atoms with Gasteiger partial charge in [-0.3, -0.25) is 9.59 Å². The van der Waals surface area contributed by atoms with Crippen LogP contribution < -0.4 is 10.1 Å². The van der Waals surface area contributed by atoms with Crippen molar-refractivity contribution in [3.63, 3.8) is 0 Å². The van der Waals surface area contributed by atoms with Gasteiger partial charge in [0.05, 0.1) is 16.8 Å². The maximum atomic E-state index is 12.8. The van der Waals surface area contributed by atoms with Crippen molar-refractivity contribution in [3.8, 4) is 5.75 Å². The molecule has 3 saturated carbocycles. The number of fused-ring (bicyclic) bond motifs is 1. The standard InChI is InChI=1S/C23H23N3O4.C6H11N/c1-13-7-9-26(13)23(28)18-11-25-22(14(18)2)20(6-8-24)30-16-4-5-17-19(12-27)15(3)29-21(17)10-16;1-7-6-2-5(3-6)4-6/h4-6,8,10-13,24-25H,7,9H2,1-3H3;5,7H,2-4H2,1H3/b20-6+,24-8?;. The molecule has 1 aliphatic heterocycles. The molecule has 1 atom stereocenters. The lowest BCUT2D eigenvalue weighted by Gasteiger charge is -2.61. The van der Waals surface area contributed by atoms with Crippen molar-refractivity contribution in [2.24, 2.45) is 5.92 Å². The van der Waals surface area contributed by atoms with E-state index in [0.29, 0.717) is 45.2 Å². The van der Waals surface area contributed by atoms with Crippen molar-refractivity contribution < 1.29 is 18.7 Å². The van der Waals surface area contributed by atoms with Crippen molar-refractivity contribution in [2.75, 3.05) is 13.6 Å². The molecule has 3 N–H and O–H groups in total. The second kappa shape index (κ2) is 9.67. The molecule has 3 heterocycles. The Kier molecular flexibility index (Phi) is 6.54. The molecule has 8 heteroatoms. The number of furan rings is 1. The number of carbonyl (C=O) groups excluding carboxylic acids is 2. The highest BCUT2D eigenvalue weighted by Gasteiger charge is 2.55. The minimum atomic E-state index is -0.00294. The third-order valence-corrected chi connectivity index (χ3v) is 8.23. The molecule has 2 aromatic heterocycles. The lowest BCUT2D eigenvalue weighted by molar-refractivity contribution is -0.0445. The summed E-state index contributed by atoms with van der Waals surface area (Å²) in [6.07, 6.45) is 10.5. The van der Waals surface area contributed by atoms with Gasteiger partial charge in [-0.2, -0.15) is 0 Å². The molecular formula is C29H34N4O4. The van der Waals surface area contributed by atoms with Crippen LogP contribution in [0, 0.1) is 25.2 Å². The second-order valence-electron chi connectivity index (χ2n) is 10.5. The Labute approximate surface area is 216 Å². The quantitative estimate of drug-likeness (QED) is 0.232. The maximum absolute atomic E-state index is 12.8. The number of aryl methyl sites for hydroxylation is 1. The van der Waals surface area contributed by atoms with Crippen LogP contribution in [0.25, 0.3) is 16.7 Å². The van der Waals surface area contributed by atoms with E-state index < -0.39 is 0 Å². The Balaban J connectivity index is 0.000000340. The zero-order chi connectivity index (χ0) is 26.3. The number of nitrogens with zero attached hydrogens (tertiary/aromatic N) is 1. The zero-order valence-electron chi connectivity index (χ0n) is 21.8. The van der Waals surface area contributed by atoms with Crippen molar-refractivity contribution >= 4 is 35.1 Å². The van der Waals surface area contributed by atoms with Gasteiger partial charge in [0.25, 0.3) is 5.91 Å². The number of H-pyrrole nitrogens is 1. The van der Waals surface area contributed by atoms with Crippen LogP contribution in [0.3, 0.4) is 0 Å². The molecule has 4 aliphatic rings. The molecule has 4 fully saturated rings. The van der Waals surface area contributed by atoms with Crippen LogP contribution in [0.2, 0.25) is 0 Å². The molecule has 1 aromatic carbocycles. The molecule has 0 spiro atoms. The smallest absolute Gasteiger partial charge is 0.255 e. The summed E-state index contributed by atoms with van der Waals surface area (Å²) in [7, 11) is 2.08. The predicted octanol–water partition coefficient (Wildman–Crippen LogP) is 5.25. The average molecular weight is 503 g/mol. The highest BCUT2D eigenvalue weighted by molar-refractivity contribution is 5.99. The molecule has 194 valence electrons. The molecule has 1 unspecified atom stereocenters. The number of allylic oxidation sites excluding steroid dienone is 1. The van der Waals surface area contributed by atoms with Crippen molar-refractivity contribution in [2.45, 2.75) is 58.0 Å². The fourth-order valence-electron chi connectivity index (χ4n) is 5.53. The predicted molar refractivity (Wildman–Crippen MR) is 144 cm³/mol. The van der Waals surface area contributed by atoms with Gasteiger partial charge in [0.1, 0.15) is 17.1 Å². The maximum Gasteiger partial charge on any atom is 0.255 e. The zero-order valence-corrected chi connectivity index (χ0v) is 21.8. The van der Waals surface area contributed by atoms with Crippen LogP contribution in [0.15, 0.2) is 34.9 Å². The van der Waals surface area contributed by atoms with Gasteiger partial charge in [-0.05, 0) is 77.1 Å². The normalized spacial score (nSPS) is 23.8. The minimum Gasteiger partial charge on any atom is -0.460 e. The number of hydrogen-bond donors (Lipinski definition) is 3. The summed E-state index contributed by atoms with van der Waals surface area (Å²) in [5.74, 6) is 2.58. The summed E-state index contributed by atoms with van der Waals surface area (Å²) >= 11 is 0. The molecule has 0 radical (unpaired) electrons. The number of benzene rings is 1. The first-order valence-electron chi connectivity index (χ1n) is 12.8. The molecule has 1 amide bonds. The Bertz CT molecular complexity index is 1380. The van der Waals surface area contributed by atoms with E-state index in [9.17, 15) is 9.59 Å². The van der Waals surface area contributed by atoms with Crippen LogP contribution in [-0.2, 0) is 0 Å². The van der Waals surface area contributed by atoms with Crippen LogP contribution >= 0.6 is 0 Å². The molecule has 1 saturated heterocycles. The number of aldehydes is 1. The monoisotopic (exact) mass is 502 g/mol. The fraction of sp³-hybridized carbons (Fsp3) is 0.414. The summed E-state index contributed by atoms with van der Waals surface area (Å²) in [5, 5.41) is 11.6. The first-order valence-corrected chi connectivity index (χ1v) is 12.8. The van der Waals surface area contributed by atoms with Gasteiger partial charge in [-0.15, -0.1) is 0 Å². The number of aromatic nitrogens is 1. The van der Waals surface area contributed by atoms with Crippen LogP contribution in [-0.4, -0.2) is 53.5 Å². The molecule has 8 nitrogen and oxygen atoms in total. The number of hydrogen-bond acceptors (Lipinski definition) is 6. The molecule has 3 aromatic rings. The van der Waals surface area contributed by atoms with E-state index >= 15 is 0 Å². The first-order chi connectivity index (χ1) is 17.8. The van der Waals surface area contributed by atoms with Crippen molar-refractivity contribution in [3.05, 3.63) is 58.6 Å². The van der Waals surface area contributed by atoms with Gasteiger partial charge in [-0.1, -0.05) is 0 Å². The number of ether oxygens (including phenoxy) is 1. The van der Waals surface area contributed by atoms with Crippen molar-refractivity contribution in [1.29, 1.82) is 5.41 Å². The lowest BCUT2D eigenvalue weighted by atomic mass is 9.50. The number of carbonyl (C=O) groups is 2. The molecule has 2 bridgehead atoms. The van der Waals surface area contributed by atoms with Crippen LogP contribution in [0.4, 0.5) is 0 Å². The van der Waals surface area contributed by atoms with E-state index in [4.69, 9.17) is 14.6 Å². The van der Waals surface area contributed by atoms with E-state index in [1.54, 1.807) is 31.3 Å². The summed E-state index contributed by atoms with van der Waals surface area (Å²) in [5.41, 5.74) is 3.74. The SMILES string of the molecule is CNC12CC(C1)C2.Cc1oc2cc(O/C(=C/C=N)c3[nH]cc(C(=O)N4CCC4C)c3C)ccc2c1C=O. The van der Waals surface area contributed by atoms with E-state index in [-0.39, 0.29) is 11.9 Å². The molecule has 3 aliphatic carbocycles. The third kappa shape index (κ3) is 4.39. The topological polar surface area (TPSA) is 111 Å². The van der Waals surface area contributed by atoms with E-state index in [1.807, 2.05) is 18.7 Å². The number of amides is 1. The summed E-state index contributed by atoms with van der Waals surface area (Å²) in [4.78, 5) is 29.0. The van der Waals surface area contributed by atoms with Gasteiger partial charge in [0.15, 0.2) is 12.0 Å². The van der Waals surface area contributed by atoms with Gasteiger partial charge in [0, 0.05) is 48.1 Å². The van der Waals surface area contributed by atoms with E-state index in [1.165, 1.54) is 25.3 Å². The van der Waals surface area contributed by atoms with E-state index in [2.05, 4.69) is 17.3 Å². The number of aromatic amines is 1. The Hall–Kier alpha value is -3.65. The largest absolute Gasteiger partial charge is 0.460 e. The molecule has 7 rings (SSSR count). The highest BCUT2D eigenvalue weighted by atomic mass is 16.5. The lowest BCUT2D eigenvalue weighted by Crippen LogP contribution is -2.65. The fourth-order valence-corrected chi connectivity index (χ4v) is 5.53. The van der Waals surface area contributed by atoms with Gasteiger partial charge < -0.3 is 29.8 Å². The molecule has 37 heavy (non-hydrogen) atoms. The minimum absolute atomic E-state index is 0.00294. The highest BCUT2D eigenvalue weighted by Crippen LogP contribution is 2.56. The summed E-state index contributed by atoms with van der Waals surface area (Å²) in [6, 6.07) is 5.48. The number of nitrogens with one attached hydrogen (secondary N) is 3. The van der Waals surface area contributed by atoms with Crippen LogP contribution in [0.1, 0.15) is 70.3 Å². The average Bonchev–Trinajstić information content (AvgIpc) is 3.34. The van der Waals surface area contributed by atoms with E-state index in [0.717, 1.165) is 42.3 Å². The van der Waals surface area contributed by atoms with Crippen LogP contribution in [0.5, 0.6) is 5.75 Å². The Morgan fingerprint density at radius 2 is 2.05 bits per heavy atom. The third-order valence-electron chi connectivity index (χ3n) is 8.23. The number of rotatable bonds is 7.